The molecule has 5 nitrogen and oxygen atoms in total. The number of hydrogen-bond acceptors (Lipinski definition) is 3. The molecule has 0 spiro atoms. The third-order valence-electron chi connectivity index (χ3n) is 2.83. The first kappa shape index (κ1) is 16.7. The molecule has 0 aliphatic carbocycles. The number of carbonyl (C=O) groups excluding carboxylic acids is 1. The van der Waals surface area contributed by atoms with Gasteiger partial charge < -0.3 is 15.2 Å². The molecule has 0 saturated heterocycles. The molecule has 0 atom stereocenters. The maximum atomic E-state index is 11.6. The summed E-state index contributed by atoms with van der Waals surface area (Å²) in [6.07, 6.45) is 0.373. The van der Waals surface area contributed by atoms with Crippen LogP contribution in [0.1, 0.15) is 20.3 Å². The van der Waals surface area contributed by atoms with Gasteiger partial charge in [0.15, 0.2) is 6.61 Å². The highest BCUT2D eigenvalue weighted by Crippen LogP contribution is 2.19. The molecular weight excluding hydrogens is 373 g/mol. The largest absolute Gasteiger partial charge is 0.484 e. The minimum absolute atomic E-state index is 0.0753. The number of carboxylic acids is 1. The molecule has 0 aliphatic heterocycles. The number of nitrogens with one attached hydrogen (secondary N) is 1. The summed E-state index contributed by atoms with van der Waals surface area (Å²) >= 11 is 2.19. The van der Waals surface area contributed by atoms with Gasteiger partial charge >= 0.3 is 5.97 Å². The number of carbonyl (C=O) groups is 2. The van der Waals surface area contributed by atoms with Gasteiger partial charge in [0.2, 0.25) is 0 Å². The number of rotatable bonds is 7. The zero-order valence-electron chi connectivity index (χ0n) is 11.5. The van der Waals surface area contributed by atoms with Crippen LogP contribution in [0.4, 0.5) is 0 Å². The topological polar surface area (TPSA) is 75.6 Å². The van der Waals surface area contributed by atoms with E-state index < -0.39 is 11.4 Å². The van der Waals surface area contributed by atoms with Gasteiger partial charge in [-0.05, 0) is 67.1 Å². The lowest BCUT2D eigenvalue weighted by atomic mass is 9.90. The van der Waals surface area contributed by atoms with Crippen molar-refractivity contribution in [1.82, 2.24) is 5.32 Å². The van der Waals surface area contributed by atoms with Crippen molar-refractivity contribution in [1.29, 1.82) is 0 Å². The van der Waals surface area contributed by atoms with E-state index in [1.807, 2.05) is 12.1 Å². The molecule has 6 heteroatoms. The first-order valence-electron chi connectivity index (χ1n) is 6.20. The van der Waals surface area contributed by atoms with Gasteiger partial charge in [-0.25, -0.2) is 0 Å². The normalized spacial score (nSPS) is 10.9. The zero-order valence-corrected chi connectivity index (χ0v) is 13.6. The van der Waals surface area contributed by atoms with Crippen LogP contribution in [0.5, 0.6) is 5.75 Å². The summed E-state index contributed by atoms with van der Waals surface area (Å²) in [7, 11) is 0. The highest BCUT2D eigenvalue weighted by molar-refractivity contribution is 14.1. The molecule has 1 rings (SSSR count). The lowest BCUT2D eigenvalue weighted by Crippen LogP contribution is -2.34. The van der Waals surface area contributed by atoms with E-state index >= 15 is 0 Å². The van der Waals surface area contributed by atoms with Gasteiger partial charge in [0.1, 0.15) is 5.75 Å². The predicted octanol–water partition coefficient (Wildman–Crippen LogP) is 2.29. The van der Waals surface area contributed by atoms with Crippen molar-refractivity contribution in [3.63, 3.8) is 0 Å². The van der Waals surface area contributed by atoms with Crippen LogP contribution in [0.25, 0.3) is 0 Å². The van der Waals surface area contributed by atoms with Crippen LogP contribution in [0.3, 0.4) is 0 Å². The van der Waals surface area contributed by atoms with E-state index in [2.05, 4.69) is 27.9 Å². The standard InChI is InChI=1S/C14H18INO4/c1-14(2,13(18)19)7-8-16-12(17)9-20-11-5-3-10(15)4-6-11/h3-6H,7-9H2,1-2H3,(H,16,17)(H,18,19). The molecule has 1 aromatic rings. The molecule has 110 valence electrons. The summed E-state index contributed by atoms with van der Waals surface area (Å²) < 4.78 is 6.41. The fraction of sp³-hybridized carbons (Fsp3) is 0.429. The van der Waals surface area contributed by atoms with Crippen molar-refractivity contribution in [2.24, 2.45) is 5.41 Å². The average Bonchev–Trinajstić information content (AvgIpc) is 2.37. The molecule has 20 heavy (non-hydrogen) atoms. The second-order valence-corrected chi connectivity index (χ2v) is 6.28. The Labute approximate surface area is 131 Å². The maximum absolute atomic E-state index is 11.6. The minimum Gasteiger partial charge on any atom is -0.484 e. The molecule has 0 saturated carbocycles. The number of hydrogen-bond donors (Lipinski definition) is 2. The summed E-state index contributed by atoms with van der Waals surface area (Å²) in [5, 5.41) is 11.6. The molecule has 0 heterocycles. The molecule has 0 radical (unpaired) electrons. The van der Waals surface area contributed by atoms with Crippen molar-refractivity contribution in [2.45, 2.75) is 20.3 Å². The van der Waals surface area contributed by atoms with E-state index in [4.69, 9.17) is 9.84 Å². The van der Waals surface area contributed by atoms with Crippen LogP contribution in [0, 0.1) is 8.99 Å². The third-order valence-corrected chi connectivity index (χ3v) is 3.55. The van der Waals surface area contributed by atoms with Gasteiger partial charge in [-0.3, -0.25) is 9.59 Å². The Balaban J connectivity index is 2.27. The Kier molecular flexibility index (Phi) is 6.25. The smallest absolute Gasteiger partial charge is 0.309 e. The van der Waals surface area contributed by atoms with Crippen molar-refractivity contribution in [3.8, 4) is 5.75 Å². The highest BCUT2D eigenvalue weighted by atomic mass is 127. The van der Waals surface area contributed by atoms with Crippen molar-refractivity contribution < 1.29 is 19.4 Å². The number of aliphatic carboxylic acids is 1. The molecule has 0 fully saturated rings. The second kappa shape index (κ2) is 7.47. The molecule has 0 aromatic heterocycles. The molecule has 0 unspecified atom stereocenters. The molecule has 0 bridgehead atoms. The summed E-state index contributed by atoms with van der Waals surface area (Å²) in [5.41, 5.74) is -0.843. The van der Waals surface area contributed by atoms with Crippen LogP contribution in [0.2, 0.25) is 0 Å². The number of amides is 1. The highest BCUT2D eigenvalue weighted by Gasteiger charge is 2.26. The Morgan fingerprint density at radius 2 is 1.90 bits per heavy atom. The number of benzene rings is 1. The van der Waals surface area contributed by atoms with Crippen LogP contribution in [-0.2, 0) is 9.59 Å². The lowest BCUT2D eigenvalue weighted by Gasteiger charge is -2.18. The molecule has 1 amide bonds. The molecule has 2 N–H and O–H groups in total. The van der Waals surface area contributed by atoms with E-state index in [0.29, 0.717) is 18.7 Å². The number of carboxylic acid groups (broad SMARTS) is 1. The molecule has 1 aromatic carbocycles. The fourth-order valence-electron chi connectivity index (χ4n) is 1.35. The first-order chi connectivity index (χ1) is 9.31. The van der Waals surface area contributed by atoms with Crippen LogP contribution in [-0.4, -0.2) is 30.1 Å². The van der Waals surface area contributed by atoms with E-state index in [1.54, 1.807) is 26.0 Å². The Morgan fingerprint density at radius 3 is 2.45 bits per heavy atom. The quantitative estimate of drug-likeness (QED) is 0.700. The Hall–Kier alpha value is -1.31. The average molecular weight is 391 g/mol. The fourth-order valence-corrected chi connectivity index (χ4v) is 1.71. The zero-order chi connectivity index (χ0) is 15.2. The van der Waals surface area contributed by atoms with Gasteiger partial charge in [0.05, 0.1) is 5.41 Å². The number of ether oxygens (including phenoxy) is 1. The van der Waals surface area contributed by atoms with Crippen molar-refractivity contribution in [3.05, 3.63) is 27.8 Å². The SMILES string of the molecule is CC(C)(CCNC(=O)COc1ccc(I)cc1)C(=O)O. The van der Waals surface area contributed by atoms with Gasteiger partial charge in [0, 0.05) is 10.1 Å². The van der Waals surface area contributed by atoms with Gasteiger partial charge in [-0.15, -0.1) is 0 Å². The predicted molar refractivity (Wildman–Crippen MR) is 83.7 cm³/mol. The summed E-state index contributed by atoms with van der Waals surface area (Å²) in [5.74, 6) is -0.502. The van der Waals surface area contributed by atoms with Crippen LogP contribution < -0.4 is 10.1 Å². The Morgan fingerprint density at radius 1 is 1.30 bits per heavy atom. The van der Waals surface area contributed by atoms with E-state index in [0.717, 1.165) is 3.57 Å². The second-order valence-electron chi connectivity index (χ2n) is 5.03. The molecule has 0 aliphatic rings. The third kappa shape index (κ3) is 5.77. The van der Waals surface area contributed by atoms with Gasteiger partial charge in [-0.1, -0.05) is 0 Å². The number of halogens is 1. The summed E-state index contributed by atoms with van der Waals surface area (Å²) in [4.78, 5) is 22.5. The van der Waals surface area contributed by atoms with E-state index in [1.165, 1.54) is 0 Å². The minimum atomic E-state index is -0.873. The van der Waals surface area contributed by atoms with Crippen molar-refractivity contribution in [2.75, 3.05) is 13.2 Å². The Bertz CT molecular complexity index is 471. The van der Waals surface area contributed by atoms with Gasteiger partial charge in [0.25, 0.3) is 5.91 Å². The summed E-state index contributed by atoms with van der Waals surface area (Å²) in [6, 6.07) is 7.37. The van der Waals surface area contributed by atoms with E-state index in [9.17, 15) is 9.59 Å². The lowest BCUT2D eigenvalue weighted by molar-refractivity contribution is -0.147. The van der Waals surface area contributed by atoms with Crippen LogP contribution in [0.15, 0.2) is 24.3 Å². The van der Waals surface area contributed by atoms with Crippen molar-refractivity contribution >= 4 is 34.5 Å². The maximum Gasteiger partial charge on any atom is 0.309 e. The first-order valence-corrected chi connectivity index (χ1v) is 7.27. The summed E-state index contributed by atoms with van der Waals surface area (Å²) in [6.45, 7) is 3.50. The van der Waals surface area contributed by atoms with Crippen LogP contribution >= 0.6 is 22.6 Å². The van der Waals surface area contributed by atoms with E-state index in [-0.39, 0.29) is 12.5 Å². The van der Waals surface area contributed by atoms with Gasteiger partial charge in [-0.2, -0.15) is 0 Å². The molecular formula is C14H18INO4. The monoisotopic (exact) mass is 391 g/mol.